The van der Waals surface area contributed by atoms with E-state index in [0.717, 1.165) is 55.7 Å². The van der Waals surface area contributed by atoms with E-state index in [2.05, 4.69) is 45.7 Å². The molecule has 2 rings (SSSR count). The maximum absolute atomic E-state index is 5.39. The molecule has 1 aromatic heterocycles. The number of nitrogens with zero attached hydrogens (tertiary/aromatic N) is 3. The lowest BCUT2D eigenvalue weighted by Crippen LogP contribution is -2.17. The summed E-state index contributed by atoms with van der Waals surface area (Å²) < 4.78 is 5.39. The van der Waals surface area contributed by atoms with Gasteiger partial charge in [-0.15, -0.1) is 0 Å². The third kappa shape index (κ3) is 6.58. The van der Waals surface area contributed by atoms with E-state index in [9.17, 15) is 0 Å². The molecule has 0 spiro atoms. The molecule has 0 bridgehead atoms. The SMILES string of the molecule is COc1ccccc1CCNc1cc(NCCCN(C)C)nc(C)n1. The molecular weight excluding hydrogens is 314 g/mol. The molecule has 0 unspecified atom stereocenters. The molecule has 1 heterocycles. The van der Waals surface area contributed by atoms with E-state index in [4.69, 9.17) is 4.74 Å². The van der Waals surface area contributed by atoms with Gasteiger partial charge < -0.3 is 20.3 Å². The van der Waals surface area contributed by atoms with Crippen LogP contribution in [0.25, 0.3) is 0 Å². The molecule has 25 heavy (non-hydrogen) atoms. The van der Waals surface area contributed by atoms with Gasteiger partial charge in [0.15, 0.2) is 0 Å². The third-order valence-electron chi connectivity index (χ3n) is 3.82. The van der Waals surface area contributed by atoms with Crippen molar-refractivity contribution in [1.29, 1.82) is 0 Å². The summed E-state index contributed by atoms with van der Waals surface area (Å²) >= 11 is 0. The first-order valence-corrected chi connectivity index (χ1v) is 8.68. The molecule has 2 aromatic rings. The Morgan fingerprint density at radius 3 is 2.40 bits per heavy atom. The van der Waals surface area contributed by atoms with E-state index >= 15 is 0 Å². The fourth-order valence-electron chi connectivity index (χ4n) is 2.60. The maximum atomic E-state index is 5.39. The van der Waals surface area contributed by atoms with E-state index in [1.54, 1.807) is 7.11 Å². The molecule has 0 saturated carbocycles. The Morgan fingerprint density at radius 2 is 1.72 bits per heavy atom. The molecule has 0 aliphatic heterocycles. The minimum Gasteiger partial charge on any atom is -0.496 e. The number of aryl methyl sites for hydroxylation is 1. The van der Waals surface area contributed by atoms with Crippen molar-refractivity contribution < 1.29 is 4.74 Å². The maximum Gasteiger partial charge on any atom is 0.131 e. The largest absolute Gasteiger partial charge is 0.496 e. The first kappa shape index (κ1) is 19.0. The second-order valence-corrected chi connectivity index (χ2v) is 6.26. The fraction of sp³-hybridized carbons (Fsp3) is 0.474. The Labute approximate surface area is 150 Å². The Balaban J connectivity index is 1.87. The molecule has 136 valence electrons. The van der Waals surface area contributed by atoms with E-state index in [1.807, 2.05) is 31.2 Å². The molecule has 0 radical (unpaired) electrons. The Morgan fingerprint density at radius 1 is 1.04 bits per heavy atom. The van der Waals surface area contributed by atoms with Gasteiger partial charge in [-0.1, -0.05) is 18.2 Å². The van der Waals surface area contributed by atoms with Gasteiger partial charge in [-0.25, -0.2) is 9.97 Å². The second kappa shape index (κ2) is 9.84. The number of aromatic nitrogens is 2. The standard InChI is InChI=1S/C19H29N5O/c1-15-22-18(20-11-7-13-24(2)3)14-19(23-15)21-12-10-16-8-5-6-9-17(16)25-4/h5-6,8-9,14H,7,10-13H2,1-4H3,(H2,20,21,22,23). The zero-order valence-corrected chi connectivity index (χ0v) is 15.7. The average Bonchev–Trinajstić information content (AvgIpc) is 2.58. The molecule has 0 amide bonds. The quantitative estimate of drug-likeness (QED) is 0.647. The van der Waals surface area contributed by atoms with E-state index in [0.29, 0.717) is 0 Å². The lowest BCUT2D eigenvalue weighted by atomic mass is 10.1. The molecule has 0 aliphatic rings. The highest BCUT2D eigenvalue weighted by molar-refractivity contribution is 5.47. The predicted octanol–water partition coefficient (Wildman–Crippen LogP) is 2.81. The summed E-state index contributed by atoms with van der Waals surface area (Å²) in [7, 11) is 5.87. The summed E-state index contributed by atoms with van der Waals surface area (Å²) in [6.07, 6.45) is 1.95. The first-order chi connectivity index (χ1) is 12.1. The van der Waals surface area contributed by atoms with Crippen molar-refractivity contribution in [3.63, 3.8) is 0 Å². The van der Waals surface area contributed by atoms with Crippen molar-refractivity contribution in [2.45, 2.75) is 19.8 Å². The summed E-state index contributed by atoms with van der Waals surface area (Å²) in [5, 5.41) is 6.75. The zero-order valence-electron chi connectivity index (χ0n) is 15.7. The Hall–Kier alpha value is -2.34. The molecule has 6 heteroatoms. The highest BCUT2D eigenvalue weighted by Gasteiger charge is 2.04. The Kier molecular flexibility index (Phi) is 7.47. The number of methoxy groups -OCH3 is 1. The van der Waals surface area contributed by atoms with Crippen molar-refractivity contribution in [3.05, 3.63) is 41.7 Å². The number of rotatable bonds is 10. The molecule has 0 atom stereocenters. The van der Waals surface area contributed by atoms with Crippen LogP contribution in [-0.2, 0) is 6.42 Å². The number of anilines is 2. The highest BCUT2D eigenvalue weighted by Crippen LogP contribution is 2.18. The van der Waals surface area contributed by atoms with E-state index in [1.165, 1.54) is 5.56 Å². The monoisotopic (exact) mass is 343 g/mol. The summed E-state index contributed by atoms with van der Waals surface area (Å²) in [4.78, 5) is 11.1. The molecule has 0 fully saturated rings. The van der Waals surface area contributed by atoms with Crippen molar-refractivity contribution >= 4 is 11.6 Å². The predicted molar refractivity (Wildman–Crippen MR) is 104 cm³/mol. The van der Waals surface area contributed by atoms with Gasteiger partial charge in [-0.3, -0.25) is 0 Å². The van der Waals surface area contributed by atoms with Gasteiger partial charge in [0.05, 0.1) is 7.11 Å². The van der Waals surface area contributed by atoms with Crippen LogP contribution < -0.4 is 15.4 Å². The van der Waals surface area contributed by atoms with Gasteiger partial charge in [0.2, 0.25) is 0 Å². The zero-order chi connectivity index (χ0) is 18.1. The van der Waals surface area contributed by atoms with Crippen LogP contribution in [0.1, 0.15) is 17.8 Å². The normalized spacial score (nSPS) is 10.8. The molecule has 6 nitrogen and oxygen atoms in total. The van der Waals surface area contributed by atoms with Gasteiger partial charge in [0.25, 0.3) is 0 Å². The van der Waals surface area contributed by atoms with Crippen LogP contribution >= 0.6 is 0 Å². The van der Waals surface area contributed by atoms with Crippen LogP contribution in [0, 0.1) is 6.92 Å². The van der Waals surface area contributed by atoms with Crippen molar-refractivity contribution in [3.8, 4) is 5.75 Å². The third-order valence-corrected chi connectivity index (χ3v) is 3.82. The molecule has 2 N–H and O–H groups in total. The summed E-state index contributed by atoms with van der Waals surface area (Å²) in [6, 6.07) is 10.1. The smallest absolute Gasteiger partial charge is 0.131 e. The van der Waals surface area contributed by atoms with Gasteiger partial charge in [-0.05, 0) is 52.0 Å². The Bertz CT molecular complexity index is 660. The fourth-order valence-corrected chi connectivity index (χ4v) is 2.60. The van der Waals surface area contributed by atoms with Gasteiger partial charge in [0.1, 0.15) is 23.2 Å². The lowest BCUT2D eigenvalue weighted by Gasteiger charge is -2.12. The number of hydrogen-bond acceptors (Lipinski definition) is 6. The topological polar surface area (TPSA) is 62.3 Å². The summed E-state index contributed by atoms with van der Waals surface area (Å²) in [5.41, 5.74) is 1.19. The lowest BCUT2D eigenvalue weighted by molar-refractivity contribution is 0.405. The van der Waals surface area contributed by atoms with Crippen LogP contribution in [0.2, 0.25) is 0 Å². The first-order valence-electron chi connectivity index (χ1n) is 8.68. The van der Waals surface area contributed by atoms with Gasteiger partial charge in [-0.2, -0.15) is 0 Å². The number of benzene rings is 1. The van der Waals surface area contributed by atoms with Crippen LogP contribution in [0.15, 0.2) is 30.3 Å². The van der Waals surface area contributed by atoms with Gasteiger partial charge >= 0.3 is 0 Å². The molecule has 1 aromatic carbocycles. The van der Waals surface area contributed by atoms with Crippen molar-refractivity contribution in [2.24, 2.45) is 0 Å². The van der Waals surface area contributed by atoms with Crippen LogP contribution in [0.5, 0.6) is 5.75 Å². The molecule has 0 aliphatic carbocycles. The highest BCUT2D eigenvalue weighted by atomic mass is 16.5. The van der Waals surface area contributed by atoms with Crippen LogP contribution in [-0.4, -0.2) is 55.7 Å². The van der Waals surface area contributed by atoms with Crippen LogP contribution in [0.4, 0.5) is 11.6 Å². The van der Waals surface area contributed by atoms with Crippen molar-refractivity contribution in [1.82, 2.24) is 14.9 Å². The summed E-state index contributed by atoms with van der Waals surface area (Å²) in [5.74, 6) is 3.40. The van der Waals surface area contributed by atoms with Crippen LogP contribution in [0.3, 0.4) is 0 Å². The number of para-hydroxylation sites is 1. The second-order valence-electron chi connectivity index (χ2n) is 6.26. The number of ether oxygens (including phenoxy) is 1. The van der Waals surface area contributed by atoms with E-state index < -0.39 is 0 Å². The van der Waals surface area contributed by atoms with Crippen molar-refractivity contribution in [2.75, 3.05) is 51.5 Å². The van der Waals surface area contributed by atoms with Gasteiger partial charge in [0, 0.05) is 19.2 Å². The minimum atomic E-state index is 0.761. The van der Waals surface area contributed by atoms with E-state index in [-0.39, 0.29) is 0 Å². The molecular formula is C19H29N5O. The number of nitrogens with one attached hydrogen (secondary N) is 2. The average molecular weight is 343 g/mol. The number of hydrogen-bond donors (Lipinski definition) is 2. The summed E-state index contributed by atoms with van der Waals surface area (Å²) in [6.45, 7) is 4.66. The minimum absolute atomic E-state index is 0.761. The molecule has 0 saturated heterocycles.